The van der Waals surface area contributed by atoms with Crippen LogP contribution < -0.4 is 0 Å². The number of rotatable bonds is 4. The molecule has 0 unspecified atom stereocenters. The molecule has 1 aromatic carbocycles. The normalized spacial score (nSPS) is 17.0. The third kappa shape index (κ3) is 3.48. The lowest BCUT2D eigenvalue weighted by molar-refractivity contribution is 0.180. The quantitative estimate of drug-likeness (QED) is 0.686. The van der Waals surface area contributed by atoms with E-state index in [0.717, 1.165) is 17.9 Å². The Balaban J connectivity index is 1.41. The van der Waals surface area contributed by atoms with Gasteiger partial charge in [0.15, 0.2) is 0 Å². The molecule has 0 saturated carbocycles. The molecule has 2 aromatic heterocycles. The Bertz CT molecular complexity index is 976. The summed E-state index contributed by atoms with van der Waals surface area (Å²) in [5.74, 6) is 0. The van der Waals surface area contributed by atoms with Crippen molar-refractivity contribution < 1.29 is 8.42 Å². The molecule has 0 amide bonds. The number of sulfonamides is 1. The first-order chi connectivity index (χ1) is 12.5. The second-order valence-corrected chi connectivity index (χ2v) is 8.71. The van der Waals surface area contributed by atoms with Crippen molar-refractivity contribution in [1.29, 1.82) is 0 Å². The van der Waals surface area contributed by atoms with Crippen molar-refractivity contribution >= 4 is 27.3 Å². The number of imidazole rings is 1. The number of nitrogens with zero attached hydrogens (tertiary/aromatic N) is 4. The summed E-state index contributed by atoms with van der Waals surface area (Å²) in [6.07, 6.45) is 3.99. The first kappa shape index (κ1) is 17.5. The predicted octanol–water partition coefficient (Wildman–Crippen LogP) is 2.49. The molecule has 0 spiro atoms. The SMILES string of the molecule is O=S(=O)(c1ccc(Cl)cc1)N1CCN(Cc2cn3ccccc3n2)CC1. The zero-order chi connectivity index (χ0) is 18.1. The molecule has 0 radical (unpaired) electrons. The molecule has 136 valence electrons. The molecular formula is C18H19ClN4O2S. The molecule has 0 aliphatic carbocycles. The molecule has 6 nitrogen and oxygen atoms in total. The summed E-state index contributed by atoms with van der Waals surface area (Å²) in [4.78, 5) is 7.13. The van der Waals surface area contributed by atoms with Crippen molar-refractivity contribution in [3.63, 3.8) is 0 Å². The van der Waals surface area contributed by atoms with Gasteiger partial charge in [-0.05, 0) is 36.4 Å². The summed E-state index contributed by atoms with van der Waals surface area (Å²) in [5, 5.41) is 0.529. The Morgan fingerprint density at radius 3 is 2.42 bits per heavy atom. The van der Waals surface area contributed by atoms with Crippen LogP contribution in [0, 0.1) is 0 Å². The zero-order valence-corrected chi connectivity index (χ0v) is 15.7. The Kier molecular flexibility index (Phi) is 4.71. The van der Waals surface area contributed by atoms with Gasteiger partial charge >= 0.3 is 0 Å². The number of pyridine rings is 1. The molecular weight excluding hydrogens is 372 g/mol. The van der Waals surface area contributed by atoms with Crippen LogP contribution >= 0.6 is 11.6 Å². The highest BCUT2D eigenvalue weighted by Crippen LogP contribution is 2.20. The van der Waals surface area contributed by atoms with E-state index in [-0.39, 0.29) is 4.90 Å². The third-order valence-corrected chi connectivity index (χ3v) is 6.75. The van der Waals surface area contributed by atoms with Crippen LogP contribution in [0.2, 0.25) is 5.02 Å². The number of piperazine rings is 1. The standard InChI is InChI=1S/C18H19ClN4O2S/c19-15-4-6-17(7-5-15)26(24,25)23-11-9-21(10-12-23)13-16-14-22-8-2-1-3-18(22)20-16/h1-8,14H,9-13H2. The van der Waals surface area contributed by atoms with Crippen molar-refractivity contribution in [3.8, 4) is 0 Å². The van der Waals surface area contributed by atoms with Crippen LogP contribution in [-0.2, 0) is 16.6 Å². The fourth-order valence-electron chi connectivity index (χ4n) is 3.18. The van der Waals surface area contributed by atoms with Gasteiger partial charge in [0.25, 0.3) is 0 Å². The van der Waals surface area contributed by atoms with Crippen LogP contribution in [-0.4, -0.2) is 53.2 Å². The molecule has 1 aliphatic rings. The van der Waals surface area contributed by atoms with Gasteiger partial charge in [0.1, 0.15) is 5.65 Å². The summed E-state index contributed by atoms with van der Waals surface area (Å²) in [6, 6.07) is 12.2. The van der Waals surface area contributed by atoms with Gasteiger partial charge in [0.05, 0.1) is 10.6 Å². The number of fused-ring (bicyclic) bond motifs is 1. The van der Waals surface area contributed by atoms with Crippen LogP contribution in [0.15, 0.2) is 59.8 Å². The number of hydrogen-bond acceptors (Lipinski definition) is 4. The monoisotopic (exact) mass is 390 g/mol. The van der Waals surface area contributed by atoms with Gasteiger partial charge in [0, 0.05) is 50.1 Å². The van der Waals surface area contributed by atoms with Crippen molar-refractivity contribution in [2.24, 2.45) is 0 Å². The van der Waals surface area contributed by atoms with Crippen LogP contribution in [0.1, 0.15) is 5.69 Å². The molecule has 1 aliphatic heterocycles. The largest absolute Gasteiger partial charge is 0.307 e. The maximum absolute atomic E-state index is 12.7. The summed E-state index contributed by atoms with van der Waals surface area (Å²) in [7, 11) is -3.47. The lowest BCUT2D eigenvalue weighted by Gasteiger charge is -2.33. The van der Waals surface area contributed by atoms with Crippen LogP contribution in [0.5, 0.6) is 0 Å². The van der Waals surface area contributed by atoms with Gasteiger partial charge in [-0.1, -0.05) is 17.7 Å². The van der Waals surface area contributed by atoms with Gasteiger partial charge < -0.3 is 4.40 Å². The van der Waals surface area contributed by atoms with Crippen LogP contribution in [0.25, 0.3) is 5.65 Å². The molecule has 8 heteroatoms. The van der Waals surface area contributed by atoms with Crippen molar-refractivity contribution in [2.45, 2.75) is 11.4 Å². The topological polar surface area (TPSA) is 57.9 Å². The van der Waals surface area contributed by atoms with E-state index in [9.17, 15) is 8.42 Å². The average molecular weight is 391 g/mol. The summed E-state index contributed by atoms with van der Waals surface area (Å²) >= 11 is 5.85. The summed E-state index contributed by atoms with van der Waals surface area (Å²) in [5.41, 5.74) is 1.91. The van der Waals surface area contributed by atoms with Crippen molar-refractivity contribution in [1.82, 2.24) is 18.6 Å². The van der Waals surface area contributed by atoms with E-state index in [4.69, 9.17) is 11.6 Å². The molecule has 1 fully saturated rings. The van der Waals surface area contributed by atoms with Gasteiger partial charge in [-0.2, -0.15) is 4.31 Å². The van der Waals surface area contributed by atoms with E-state index in [1.54, 1.807) is 24.3 Å². The Labute approximate surface area is 157 Å². The van der Waals surface area contributed by atoms with E-state index < -0.39 is 10.0 Å². The lowest BCUT2D eigenvalue weighted by atomic mass is 10.3. The minimum atomic E-state index is -3.47. The third-order valence-electron chi connectivity index (χ3n) is 4.58. The lowest BCUT2D eigenvalue weighted by Crippen LogP contribution is -2.48. The molecule has 4 rings (SSSR count). The van der Waals surface area contributed by atoms with Crippen LogP contribution in [0.4, 0.5) is 0 Å². The smallest absolute Gasteiger partial charge is 0.243 e. The predicted molar refractivity (Wildman–Crippen MR) is 101 cm³/mol. The molecule has 0 N–H and O–H groups in total. The minimum Gasteiger partial charge on any atom is -0.307 e. The van der Waals surface area contributed by atoms with Gasteiger partial charge in [-0.15, -0.1) is 0 Å². The molecule has 3 aromatic rings. The highest BCUT2D eigenvalue weighted by Gasteiger charge is 2.28. The Morgan fingerprint density at radius 2 is 1.73 bits per heavy atom. The highest BCUT2D eigenvalue weighted by molar-refractivity contribution is 7.89. The zero-order valence-electron chi connectivity index (χ0n) is 14.1. The fraction of sp³-hybridized carbons (Fsp3) is 0.278. The first-order valence-corrected chi connectivity index (χ1v) is 10.2. The fourth-order valence-corrected chi connectivity index (χ4v) is 4.72. The molecule has 3 heterocycles. The van der Waals surface area contributed by atoms with E-state index >= 15 is 0 Å². The van der Waals surface area contributed by atoms with Crippen molar-refractivity contribution in [2.75, 3.05) is 26.2 Å². The molecule has 0 atom stereocenters. The number of benzene rings is 1. The van der Waals surface area contributed by atoms with E-state index in [2.05, 4.69) is 9.88 Å². The second-order valence-electron chi connectivity index (χ2n) is 6.33. The van der Waals surface area contributed by atoms with E-state index in [1.807, 2.05) is 35.0 Å². The van der Waals surface area contributed by atoms with E-state index in [0.29, 0.717) is 31.2 Å². The highest BCUT2D eigenvalue weighted by atomic mass is 35.5. The first-order valence-electron chi connectivity index (χ1n) is 8.43. The molecule has 0 bridgehead atoms. The molecule has 1 saturated heterocycles. The average Bonchev–Trinajstić information content (AvgIpc) is 3.05. The van der Waals surface area contributed by atoms with Crippen molar-refractivity contribution in [3.05, 3.63) is 65.6 Å². The summed E-state index contributed by atoms with van der Waals surface area (Å²) in [6.45, 7) is 3.02. The minimum absolute atomic E-state index is 0.288. The maximum Gasteiger partial charge on any atom is 0.243 e. The molecule has 26 heavy (non-hydrogen) atoms. The van der Waals surface area contributed by atoms with Gasteiger partial charge in [-0.3, -0.25) is 4.90 Å². The number of halogens is 1. The van der Waals surface area contributed by atoms with E-state index in [1.165, 1.54) is 4.31 Å². The Morgan fingerprint density at radius 1 is 1.00 bits per heavy atom. The summed E-state index contributed by atoms with van der Waals surface area (Å²) < 4.78 is 29.0. The van der Waals surface area contributed by atoms with Crippen LogP contribution in [0.3, 0.4) is 0 Å². The number of hydrogen-bond donors (Lipinski definition) is 0. The number of aromatic nitrogens is 2. The van der Waals surface area contributed by atoms with Gasteiger partial charge in [-0.25, -0.2) is 13.4 Å². The second kappa shape index (κ2) is 7.00. The maximum atomic E-state index is 12.7. The van der Waals surface area contributed by atoms with Gasteiger partial charge in [0.2, 0.25) is 10.0 Å². The Hall–Kier alpha value is -1.93.